The van der Waals surface area contributed by atoms with Crippen LogP contribution in [0.5, 0.6) is 0 Å². The number of aromatic nitrogens is 3. The first-order chi connectivity index (χ1) is 14.0. The van der Waals surface area contributed by atoms with Crippen LogP contribution in [0.2, 0.25) is 0 Å². The molecule has 2 amide bonds. The maximum atomic E-state index is 13.0. The van der Waals surface area contributed by atoms with Crippen molar-refractivity contribution in [2.75, 3.05) is 32.7 Å². The zero-order valence-corrected chi connectivity index (χ0v) is 15.7. The number of nitrogens with zero attached hydrogens (tertiary/aromatic N) is 6. The molecule has 0 aliphatic carbocycles. The summed E-state index contributed by atoms with van der Waals surface area (Å²) in [4.78, 5) is 43.5. The lowest BCUT2D eigenvalue weighted by atomic mass is 10.0. The molecule has 4 rings (SSSR count). The lowest BCUT2D eigenvalue weighted by Crippen LogP contribution is -2.57. The number of nitrogens with one attached hydrogen (secondary N) is 1. The molecule has 0 radical (unpaired) electrons. The molecule has 2 aliphatic heterocycles. The second-order valence-electron chi connectivity index (χ2n) is 7.11. The number of nitro groups is 1. The van der Waals surface area contributed by atoms with Gasteiger partial charge in [0.25, 0.3) is 11.6 Å². The van der Waals surface area contributed by atoms with Crippen LogP contribution in [-0.4, -0.2) is 80.1 Å². The molecule has 2 saturated heterocycles. The number of hydrogen-bond acceptors (Lipinski definition) is 7. The second kappa shape index (κ2) is 7.95. The largest absolute Gasteiger partial charge is 0.337 e. The van der Waals surface area contributed by atoms with E-state index in [1.807, 2.05) is 4.90 Å². The van der Waals surface area contributed by atoms with Crippen LogP contribution in [-0.2, 0) is 4.79 Å². The minimum absolute atomic E-state index is 0.0216. The van der Waals surface area contributed by atoms with Gasteiger partial charge in [0, 0.05) is 43.9 Å². The average Bonchev–Trinajstić information content (AvgIpc) is 3.28. The first-order valence-electron chi connectivity index (χ1n) is 9.47. The molecule has 29 heavy (non-hydrogen) atoms. The number of likely N-dealkylation sites (tertiary alicyclic amines) is 1. The number of benzene rings is 1. The van der Waals surface area contributed by atoms with Crippen molar-refractivity contribution in [1.82, 2.24) is 29.9 Å². The number of rotatable bonds is 4. The Morgan fingerprint density at radius 1 is 1.31 bits per heavy atom. The van der Waals surface area contributed by atoms with Crippen molar-refractivity contribution in [3.05, 3.63) is 46.5 Å². The molecule has 3 heterocycles. The maximum Gasteiger partial charge on any atom is 0.295 e. The van der Waals surface area contributed by atoms with Crippen LogP contribution in [0, 0.1) is 10.1 Å². The van der Waals surface area contributed by atoms with Crippen LogP contribution >= 0.6 is 0 Å². The summed E-state index contributed by atoms with van der Waals surface area (Å²) >= 11 is 0. The topological polar surface area (TPSA) is 126 Å². The summed E-state index contributed by atoms with van der Waals surface area (Å²) in [6.07, 6.45) is 4.28. The summed E-state index contributed by atoms with van der Waals surface area (Å²) in [7, 11) is 0. The highest BCUT2D eigenvalue weighted by Crippen LogP contribution is 2.25. The van der Waals surface area contributed by atoms with Crippen molar-refractivity contribution in [2.45, 2.75) is 18.9 Å². The number of amides is 2. The number of nitro benzene ring substituents is 1. The summed E-state index contributed by atoms with van der Waals surface area (Å²) in [6.45, 7) is 2.69. The Morgan fingerprint density at radius 3 is 2.90 bits per heavy atom. The molecule has 1 aromatic carbocycles. The molecular formula is C18H21N7O4. The summed E-state index contributed by atoms with van der Waals surface area (Å²) in [5.74, 6) is -0.228. The van der Waals surface area contributed by atoms with E-state index in [4.69, 9.17) is 0 Å². The summed E-state index contributed by atoms with van der Waals surface area (Å²) < 4.78 is 1.29. The van der Waals surface area contributed by atoms with Crippen molar-refractivity contribution in [3.63, 3.8) is 0 Å². The van der Waals surface area contributed by atoms with Gasteiger partial charge in [-0.3, -0.25) is 19.7 Å². The van der Waals surface area contributed by atoms with Crippen LogP contribution in [0.3, 0.4) is 0 Å². The van der Waals surface area contributed by atoms with E-state index in [1.54, 1.807) is 11.0 Å². The van der Waals surface area contributed by atoms with E-state index in [2.05, 4.69) is 15.4 Å². The fourth-order valence-corrected chi connectivity index (χ4v) is 3.91. The molecular weight excluding hydrogens is 378 g/mol. The highest BCUT2D eigenvalue weighted by Gasteiger charge is 2.32. The van der Waals surface area contributed by atoms with Crippen LogP contribution in [0.15, 0.2) is 30.9 Å². The Kier molecular flexibility index (Phi) is 5.21. The third kappa shape index (κ3) is 3.81. The van der Waals surface area contributed by atoms with Gasteiger partial charge in [-0.2, -0.15) is 5.10 Å². The third-order valence-electron chi connectivity index (χ3n) is 5.34. The Balaban J connectivity index is 1.55. The lowest BCUT2D eigenvalue weighted by molar-refractivity contribution is -0.384. The van der Waals surface area contributed by atoms with Crippen LogP contribution in [0.1, 0.15) is 23.2 Å². The molecule has 2 aliphatic rings. The first-order valence-corrected chi connectivity index (χ1v) is 9.47. The highest BCUT2D eigenvalue weighted by atomic mass is 16.6. The van der Waals surface area contributed by atoms with Crippen molar-refractivity contribution in [3.8, 4) is 5.69 Å². The van der Waals surface area contributed by atoms with E-state index in [1.165, 1.54) is 29.5 Å². The molecule has 1 aromatic heterocycles. The van der Waals surface area contributed by atoms with Crippen LogP contribution < -0.4 is 5.32 Å². The highest BCUT2D eigenvalue weighted by molar-refractivity contribution is 5.95. The normalized spacial score (nSPS) is 20.0. The molecule has 1 atom stereocenters. The zero-order valence-electron chi connectivity index (χ0n) is 15.7. The molecule has 1 unspecified atom stereocenters. The molecule has 11 nitrogen and oxygen atoms in total. The predicted octanol–water partition coefficient (Wildman–Crippen LogP) is 0.212. The minimum atomic E-state index is -0.536. The number of hydrogen-bond donors (Lipinski definition) is 1. The van der Waals surface area contributed by atoms with E-state index in [0.29, 0.717) is 26.2 Å². The Morgan fingerprint density at radius 2 is 2.17 bits per heavy atom. The fraction of sp³-hybridized carbons (Fsp3) is 0.444. The SMILES string of the molecule is O=C(c1ccc(-n2cncn2)c([N+](=O)[O-])c1)N1CCCC(N2CCNCC2=O)C1. The first kappa shape index (κ1) is 19.0. The molecule has 0 bridgehead atoms. The number of piperazine rings is 1. The van der Waals surface area contributed by atoms with Gasteiger partial charge in [-0.05, 0) is 25.0 Å². The molecule has 152 valence electrons. The van der Waals surface area contributed by atoms with E-state index in [0.717, 1.165) is 19.4 Å². The van der Waals surface area contributed by atoms with E-state index < -0.39 is 4.92 Å². The second-order valence-corrected chi connectivity index (χ2v) is 7.11. The molecule has 2 fully saturated rings. The predicted molar refractivity (Wildman–Crippen MR) is 102 cm³/mol. The van der Waals surface area contributed by atoms with Gasteiger partial charge in [-0.1, -0.05) is 0 Å². The molecule has 1 N–H and O–H groups in total. The van der Waals surface area contributed by atoms with Gasteiger partial charge in [0.05, 0.1) is 11.5 Å². The Hall–Kier alpha value is -3.34. The van der Waals surface area contributed by atoms with Gasteiger partial charge in [-0.15, -0.1) is 0 Å². The molecule has 2 aromatic rings. The van der Waals surface area contributed by atoms with E-state index in [-0.39, 0.29) is 34.8 Å². The smallest absolute Gasteiger partial charge is 0.295 e. The monoisotopic (exact) mass is 399 g/mol. The quantitative estimate of drug-likeness (QED) is 0.575. The fourth-order valence-electron chi connectivity index (χ4n) is 3.91. The Bertz CT molecular complexity index is 930. The number of carbonyl (C=O) groups is 2. The van der Waals surface area contributed by atoms with Gasteiger partial charge < -0.3 is 15.1 Å². The van der Waals surface area contributed by atoms with Gasteiger partial charge in [-0.25, -0.2) is 9.67 Å². The Labute approximate surface area is 166 Å². The number of carbonyl (C=O) groups excluding carboxylic acids is 2. The lowest BCUT2D eigenvalue weighted by Gasteiger charge is -2.41. The van der Waals surface area contributed by atoms with Crippen molar-refractivity contribution < 1.29 is 14.5 Å². The third-order valence-corrected chi connectivity index (χ3v) is 5.34. The van der Waals surface area contributed by atoms with Gasteiger partial charge in [0.1, 0.15) is 18.3 Å². The van der Waals surface area contributed by atoms with Crippen molar-refractivity contribution >= 4 is 17.5 Å². The maximum absolute atomic E-state index is 13.0. The number of piperidine rings is 1. The van der Waals surface area contributed by atoms with Gasteiger partial charge in [0.2, 0.25) is 5.91 Å². The standard InChI is InChI=1S/C18H21N7O4/c26-17-9-19-5-7-23(17)14-2-1-6-22(10-14)18(27)13-3-4-15(16(8-13)25(28)29)24-12-20-11-21-24/h3-4,8,11-12,14,19H,1-2,5-7,9-10H2. The molecule has 0 saturated carbocycles. The van der Waals surface area contributed by atoms with Gasteiger partial charge in [0.15, 0.2) is 0 Å². The van der Waals surface area contributed by atoms with Crippen molar-refractivity contribution in [1.29, 1.82) is 0 Å². The van der Waals surface area contributed by atoms with E-state index >= 15 is 0 Å². The minimum Gasteiger partial charge on any atom is -0.337 e. The van der Waals surface area contributed by atoms with Crippen LogP contribution in [0.25, 0.3) is 5.69 Å². The van der Waals surface area contributed by atoms with Crippen LogP contribution in [0.4, 0.5) is 5.69 Å². The summed E-state index contributed by atoms with van der Waals surface area (Å²) in [5, 5.41) is 18.5. The molecule has 0 spiro atoms. The van der Waals surface area contributed by atoms with Crippen molar-refractivity contribution in [2.24, 2.45) is 0 Å². The molecule has 11 heteroatoms. The summed E-state index contributed by atoms with van der Waals surface area (Å²) in [6, 6.07) is 4.32. The average molecular weight is 399 g/mol. The zero-order chi connectivity index (χ0) is 20.4. The van der Waals surface area contributed by atoms with Gasteiger partial charge >= 0.3 is 0 Å². The van der Waals surface area contributed by atoms with E-state index in [9.17, 15) is 19.7 Å². The summed E-state index contributed by atoms with van der Waals surface area (Å²) in [5.41, 5.74) is 0.270.